The second-order valence-corrected chi connectivity index (χ2v) is 51.4. The predicted molar refractivity (Wildman–Crippen MR) is 462 cm³/mol. The summed E-state index contributed by atoms with van der Waals surface area (Å²) in [6.45, 7) is -6.75. The second-order valence-electron chi connectivity index (χ2n) is 49.6. The number of carbonyl (C=O) groups is 9. The summed E-state index contributed by atoms with van der Waals surface area (Å²) in [5.41, 5.74) is -7.52. The first-order chi connectivity index (χ1) is 67.9. The molecule has 1 N–H and O–H groups in total. The maximum atomic E-state index is 13.8. The van der Waals surface area contributed by atoms with Crippen LogP contribution in [0.15, 0.2) is 0 Å². The third-order valence-electron chi connectivity index (χ3n) is 36.3. The lowest BCUT2D eigenvalue weighted by atomic mass is 9.47. The van der Waals surface area contributed by atoms with E-state index in [1.807, 2.05) is 0 Å². The van der Waals surface area contributed by atoms with Crippen LogP contribution in [0, 0.1) is 134 Å². The predicted octanol–water partition coefficient (Wildman–Crippen LogP) is 18.9. The molecule has 24 aliphatic carbocycles. The van der Waals surface area contributed by atoms with Gasteiger partial charge in [0.1, 0.15) is 37.8 Å². The fraction of sp³-hybridized carbons (Fsp3) is 0.910. The van der Waals surface area contributed by atoms with Crippen LogP contribution in [0.5, 0.6) is 0 Å². The molecule has 4 heterocycles. The maximum Gasteiger partial charge on any atom is 0.377 e. The molecule has 4 aliphatic heterocycles. The number of Topliss-reactive ketones (excluding diaryl/α,β-unsaturated/α-hetero) is 1. The summed E-state index contributed by atoms with van der Waals surface area (Å²) in [5.74, 6) is -48.0. The molecular formula is C100H128F22O25S. The highest BCUT2D eigenvalue weighted by Crippen LogP contribution is 2.71. The number of fused-ring (bicyclic) bond motifs is 2. The zero-order chi connectivity index (χ0) is 108. The normalized spacial score (nSPS) is 41.7. The van der Waals surface area contributed by atoms with Crippen molar-refractivity contribution in [3.63, 3.8) is 0 Å². The molecule has 0 aromatic heterocycles. The Hall–Kier alpha value is -6.40. The lowest BCUT2D eigenvalue weighted by Gasteiger charge is -2.63. The number of esters is 8. The van der Waals surface area contributed by atoms with Crippen LogP contribution in [0.4, 0.5) is 96.6 Å². The van der Waals surface area contributed by atoms with E-state index in [0.29, 0.717) is 160 Å². The highest BCUT2D eigenvalue weighted by Gasteiger charge is 2.77. The van der Waals surface area contributed by atoms with Crippen molar-refractivity contribution in [3.8, 4) is 0 Å². The molecule has 25 nitrogen and oxygen atoms in total. The van der Waals surface area contributed by atoms with E-state index >= 15 is 0 Å². The summed E-state index contributed by atoms with van der Waals surface area (Å²) in [7, 11) is -3.78. The highest BCUT2D eigenvalue weighted by atomic mass is 32.2. The first-order valence-corrected chi connectivity index (χ1v) is 52.8. The average Bonchev–Trinajstić information content (AvgIpc) is 1.50. The minimum absolute atomic E-state index is 0.0166. The summed E-state index contributed by atoms with van der Waals surface area (Å²) < 4.78 is 379. The third kappa shape index (κ3) is 22.2. The average molecular weight is 2180 g/mol. The van der Waals surface area contributed by atoms with Gasteiger partial charge < -0.3 is 61.9 Å². The molecule has 48 heteroatoms. The zero-order valence-electron chi connectivity index (χ0n) is 82.9. The molecule has 16 unspecified atom stereocenters. The summed E-state index contributed by atoms with van der Waals surface area (Å²) in [6.07, 6.45) is 20.5. The Balaban J connectivity index is 0.000000119. The number of alkyl halides is 22. The smallest absolute Gasteiger partial charge is 0.377 e. The van der Waals surface area contributed by atoms with Crippen LogP contribution in [0.25, 0.3) is 0 Å². The van der Waals surface area contributed by atoms with Gasteiger partial charge in [-0.15, -0.1) is 0 Å². The van der Waals surface area contributed by atoms with E-state index in [9.17, 15) is 153 Å². The molecule has 16 atom stereocenters. The van der Waals surface area contributed by atoms with Crippen LogP contribution in [0.1, 0.15) is 260 Å². The van der Waals surface area contributed by atoms with Crippen LogP contribution < -0.4 is 0 Å². The van der Waals surface area contributed by atoms with E-state index in [4.69, 9.17) is 51.6 Å². The molecule has 0 aromatic rings. The van der Waals surface area contributed by atoms with Crippen molar-refractivity contribution < 1.29 is 214 Å². The highest BCUT2D eigenvalue weighted by molar-refractivity contribution is 7.87. The molecule has 838 valence electrons. The van der Waals surface area contributed by atoms with Crippen LogP contribution in [0.3, 0.4) is 0 Å². The van der Waals surface area contributed by atoms with Crippen molar-refractivity contribution in [3.05, 3.63) is 0 Å². The van der Waals surface area contributed by atoms with Crippen LogP contribution in [-0.4, -0.2) is 238 Å². The maximum absolute atomic E-state index is 13.8. The first-order valence-electron chi connectivity index (χ1n) is 51.3. The summed E-state index contributed by atoms with van der Waals surface area (Å²) >= 11 is 0. The molecule has 24 saturated carbocycles. The number of halogens is 22. The number of hydrogen-bond donors (Lipinski definition) is 1. The Labute approximate surface area is 839 Å². The molecule has 28 fully saturated rings. The zero-order valence-corrected chi connectivity index (χ0v) is 83.7. The summed E-state index contributed by atoms with van der Waals surface area (Å²) in [4.78, 5) is 108. The van der Waals surface area contributed by atoms with Crippen LogP contribution in [-0.2, 0) is 114 Å². The Morgan fingerprint density at radius 2 is 0.642 bits per heavy atom. The molecule has 0 aromatic carbocycles. The van der Waals surface area contributed by atoms with Crippen molar-refractivity contribution >= 4 is 63.7 Å². The quantitative estimate of drug-likeness (QED) is 0.0512. The largest absolute Gasteiger partial charge is 0.459 e. The van der Waals surface area contributed by atoms with Crippen LogP contribution in [0.2, 0.25) is 0 Å². The SMILES string of the molecule is CC(F)(F)C(=O)OC12CC3CC(C1)C1(OCC(F)(F)C(F)(F)CO1)C(C3)C2.CC(F)(F)COC(=O)C12CC3CC(C(=O)O1)C2C3.CC(F)(F)COC(=O)C12CC3CC(C1)C(=O)C(C3)C2.CC(F)(F)COC(=O)C12CC3CC(C1)C1(OCC(F)(F)C(F)(F)CO1)C(C3)C2.CC(F)(F)COC(=O)C12CC3CC(CC(C3)C1)C2.CC(F)(F)COC(=O)C12CC3CC(CC(O)(C3)C1)C2.CC(F)(F)COC(=O)C12CC3CC1C(C3)S(=O)(=O)O2. The molecule has 148 heavy (non-hydrogen) atoms. The van der Waals surface area contributed by atoms with E-state index < -0.39 is 268 Å². The number of carbonyl (C=O) groups excluding carboxylic acids is 9. The number of ether oxygens (including phenoxy) is 12. The molecule has 28 aliphatic rings. The Morgan fingerprint density at radius 1 is 0.338 bits per heavy atom. The molecular weight excluding hydrogens is 2050 g/mol. The molecule has 0 amide bonds. The molecule has 2 spiro atoms. The molecule has 4 saturated heterocycles. The van der Waals surface area contributed by atoms with Crippen molar-refractivity contribution in [1.82, 2.24) is 0 Å². The monoisotopic (exact) mass is 2180 g/mol. The molecule has 0 radical (unpaired) electrons. The van der Waals surface area contributed by atoms with Gasteiger partial charge in [-0.3, -0.25) is 33.0 Å². The number of ketones is 1. The topological polar surface area (TPSA) is 328 Å². The van der Waals surface area contributed by atoms with Gasteiger partial charge in [-0.1, -0.05) is 0 Å². The van der Waals surface area contributed by atoms with Gasteiger partial charge in [0.25, 0.3) is 45.7 Å². The van der Waals surface area contributed by atoms with Gasteiger partial charge in [-0.2, -0.15) is 52.3 Å². The van der Waals surface area contributed by atoms with Crippen molar-refractivity contribution in [2.24, 2.45) is 134 Å². The summed E-state index contributed by atoms with van der Waals surface area (Å²) in [5, 5.41) is 9.81. The van der Waals surface area contributed by atoms with Crippen LogP contribution >= 0.6 is 0 Å². The molecule has 28 rings (SSSR count). The standard InChI is InChI=1S/C18H22F6O4.C17H20F6O4.C14H20F2O3.C14H18F2O3.C14H20F2O2.C12H14F2O4.C11H14F2O5S/c1-14(19,20)7-26-13(25)15-4-10-2-11(5-15)18(12(3-10)6-15)27-8-16(21,22)17(23,24)9-28-18;1-13(18,19)12(24)27-14-4-9-2-10(5-14)17(11(3-9)6-14)25-7-15(20,21)16(22,23)8-26-17;1-12(15,16)8-19-11(17)13-3-9-2-10(4-13)6-14(18,5-9)7-13;1-13(15,16)7-19-12(18)14-4-8-2-9(5-14)11(17)10(3-8)6-14;1-13(15,16)8-18-12(17)14-5-9-2-10(6-14)4-11(3-9)7-14;1-11(13,14)5-17-10(16)12-4-6-2-7(8(12)3-6)9(15)18-12;1-10(12,13)5-17-9(14)11-4-6-2-7(11)8(3-6)19(15,16)18-11/h10-12H,2-9H2,1H3;9-11H,2-8H2,1H3;9-10,18H,2-8H2,1H3;8-10H,2-7H2,1H3;9-11H,2-8H2,1H3;6-8H,2-5H2,1H3;6-8H,2-5H2,1H3. The fourth-order valence-corrected chi connectivity index (χ4v) is 34.2. The van der Waals surface area contributed by atoms with Crippen molar-refractivity contribution in [2.75, 3.05) is 66.1 Å². The van der Waals surface area contributed by atoms with E-state index in [2.05, 4.69) is 9.47 Å². The van der Waals surface area contributed by atoms with Gasteiger partial charge in [0.2, 0.25) is 5.60 Å². The van der Waals surface area contributed by atoms with E-state index in [1.165, 1.54) is 19.3 Å². The van der Waals surface area contributed by atoms with Gasteiger partial charge >= 0.3 is 77.4 Å². The van der Waals surface area contributed by atoms with E-state index in [-0.39, 0.29) is 97.2 Å². The Bertz CT molecular complexity index is 5040. The van der Waals surface area contributed by atoms with Crippen molar-refractivity contribution in [1.29, 1.82) is 0 Å². The molecule has 24 bridgehead atoms. The minimum atomic E-state index is -4.36. The van der Waals surface area contributed by atoms with Crippen molar-refractivity contribution in [2.45, 2.75) is 365 Å². The Kier molecular flexibility index (Phi) is 28.9. The number of rotatable bonds is 20. The van der Waals surface area contributed by atoms with E-state index in [0.717, 1.165) is 85.0 Å². The lowest BCUT2D eigenvalue weighted by molar-refractivity contribution is -0.355. The second kappa shape index (κ2) is 38.0. The van der Waals surface area contributed by atoms with Gasteiger partial charge in [0, 0.05) is 102 Å². The minimum Gasteiger partial charge on any atom is -0.459 e. The third-order valence-corrected chi connectivity index (χ3v) is 38.1. The Morgan fingerprint density at radius 3 is 1.01 bits per heavy atom. The van der Waals surface area contributed by atoms with E-state index in [1.54, 1.807) is 0 Å². The van der Waals surface area contributed by atoms with Gasteiger partial charge in [0.15, 0.2) is 56.8 Å². The van der Waals surface area contributed by atoms with Gasteiger partial charge in [0.05, 0.1) is 38.4 Å². The summed E-state index contributed by atoms with van der Waals surface area (Å²) in [6, 6.07) is 0. The number of aliphatic hydroxyl groups is 1. The fourth-order valence-electron chi connectivity index (χ4n) is 32.1. The lowest BCUT2D eigenvalue weighted by Crippen LogP contribution is -2.66. The number of hydrogen-bond acceptors (Lipinski definition) is 25. The first kappa shape index (κ1) is 113. The van der Waals surface area contributed by atoms with Gasteiger partial charge in [-0.05, 0) is 265 Å². The van der Waals surface area contributed by atoms with Gasteiger partial charge in [-0.25, -0.2) is 67.1 Å².